The highest BCUT2D eigenvalue weighted by atomic mass is 19.1. The quantitative estimate of drug-likeness (QED) is 0.888. The Balaban J connectivity index is 1.94. The average molecular weight is 345 g/mol. The summed E-state index contributed by atoms with van der Waals surface area (Å²) in [6.45, 7) is 2.73. The van der Waals surface area contributed by atoms with Crippen molar-refractivity contribution in [1.82, 2.24) is 5.32 Å². The van der Waals surface area contributed by atoms with Crippen molar-refractivity contribution in [2.24, 2.45) is 0 Å². The second-order valence-corrected chi connectivity index (χ2v) is 6.18. The van der Waals surface area contributed by atoms with E-state index in [2.05, 4.69) is 11.4 Å². The van der Waals surface area contributed by atoms with E-state index in [9.17, 15) is 13.9 Å². The third kappa shape index (κ3) is 3.57. The van der Waals surface area contributed by atoms with Gasteiger partial charge in [-0.3, -0.25) is 0 Å². The predicted octanol–water partition coefficient (Wildman–Crippen LogP) is 3.67. The fraction of sp³-hybridized carbons (Fsp3) is 0.300. The molecule has 0 amide bonds. The van der Waals surface area contributed by atoms with E-state index in [0.29, 0.717) is 0 Å². The molecule has 1 aliphatic heterocycles. The Morgan fingerprint density at radius 3 is 2.60 bits per heavy atom. The highest BCUT2D eigenvalue weighted by Crippen LogP contribution is 2.29. The average Bonchev–Trinajstić information content (AvgIpc) is 2.60. The molecule has 0 bridgehead atoms. The maximum Gasteiger partial charge on any atom is 0.137 e. The lowest BCUT2D eigenvalue weighted by Crippen LogP contribution is -2.28. The number of aliphatic hydroxyl groups excluding tert-OH is 1. The lowest BCUT2D eigenvalue weighted by atomic mass is 9.90. The van der Waals surface area contributed by atoms with Crippen LogP contribution in [0.5, 0.6) is 5.75 Å². The first-order chi connectivity index (χ1) is 12.0. The maximum atomic E-state index is 14.1. The van der Waals surface area contributed by atoms with E-state index in [-0.39, 0.29) is 24.0 Å². The van der Waals surface area contributed by atoms with Gasteiger partial charge in [0, 0.05) is 24.2 Å². The van der Waals surface area contributed by atoms with Crippen LogP contribution in [0.1, 0.15) is 33.9 Å². The van der Waals surface area contributed by atoms with Crippen LogP contribution in [-0.2, 0) is 13.0 Å². The van der Waals surface area contributed by atoms with Crippen LogP contribution in [0.3, 0.4) is 0 Å². The van der Waals surface area contributed by atoms with Crippen LogP contribution in [0.2, 0.25) is 0 Å². The van der Waals surface area contributed by atoms with E-state index in [0.717, 1.165) is 41.8 Å². The van der Waals surface area contributed by atoms with Gasteiger partial charge in [0.2, 0.25) is 0 Å². The normalized spacial score (nSPS) is 16.9. The zero-order valence-electron chi connectivity index (χ0n) is 14.3. The number of aliphatic hydroxyl groups is 1. The molecule has 2 N–H and O–H groups in total. The summed E-state index contributed by atoms with van der Waals surface area (Å²) in [5.41, 5.74) is 4.05. The Morgan fingerprint density at radius 1 is 1.24 bits per heavy atom. The molecule has 1 atom stereocenters. The third-order valence-electron chi connectivity index (χ3n) is 4.61. The van der Waals surface area contributed by atoms with Crippen LogP contribution in [0.15, 0.2) is 30.3 Å². The Kier molecular flexibility index (Phi) is 5.16. The molecule has 1 heterocycles. The lowest BCUT2D eigenvalue weighted by molar-refractivity contribution is 0.280. The molecule has 1 aliphatic rings. The highest BCUT2D eigenvalue weighted by Gasteiger charge is 2.19. The molecular weight excluding hydrogens is 324 g/mol. The molecule has 0 radical (unpaired) electrons. The maximum absolute atomic E-state index is 14.1. The number of benzene rings is 2. The summed E-state index contributed by atoms with van der Waals surface area (Å²) in [4.78, 5) is 0. The standard InChI is InChI=1S/C20H21F2NO2/c1-12-7-13-5-6-23-20(17(13)8-14(12)11-24)4-3-16-18(21)9-15(25-2)10-19(16)22/h3-4,7-10,20,23-24H,5-6,11H2,1-2H3/b4-3+. The molecule has 5 heteroatoms. The van der Waals surface area contributed by atoms with Crippen molar-refractivity contribution in [3.63, 3.8) is 0 Å². The summed E-state index contributed by atoms with van der Waals surface area (Å²) < 4.78 is 33.1. The van der Waals surface area contributed by atoms with E-state index in [4.69, 9.17) is 4.74 Å². The van der Waals surface area contributed by atoms with Crippen LogP contribution in [0, 0.1) is 18.6 Å². The molecule has 0 aromatic heterocycles. The first-order valence-corrected chi connectivity index (χ1v) is 8.21. The Morgan fingerprint density at radius 2 is 1.96 bits per heavy atom. The summed E-state index contributed by atoms with van der Waals surface area (Å²) in [7, 11) is 1.37. The van der Waals surface area contributed by atoms with Crippen LogP contribution >= 0.6 is 0 Å². The van der Waals surface area contributed by atoms with Crippen LogP contribution in [0.4, 0.5) is 8.78 Å². The van der Waals surface area contributed by atoms with Crippen LogP contribution in [-0.4, -0.2) is 18.8 Å². The number of aryl methyl sites for hydroxylation is 1. The monoisotopic (exact) mass is 345 g/mol. The summed E-state index contributed by atoms with van der Waals surface area (Å²) in [5.74, 6) is -1.18. The zero-order chi connectivity index (χ0) is 18.0. The Hall–Kier alpha value is -2.24. The molecule has 0 saturated carbocycles. The van der Waals surface area contributed by atoms with E-state index >= 15 is 0 Å². The lowest BCUT2D eigenvalue weighted by Gasteiger charge is -2.26. The van der Waals surface area contributed by atoms with Gasteiger partial charge >= 0.3 is 0 Å². The van der Waals surface area contributed by atoms with Crippen molar-refractivity contribution in [1.29, 1.82) is 0 Å². The van der Waals surface area contributed by atoms with Crippen molar-refractivity contribution in [3.05, 3.63) is 69.8 Å². The Bertz CT molecular complexity index is 795. The van der Waals surface area contributed by atoms with Crippen LogP contribution < -0.4 is 10.1 Å². The number of halogens is 2. The number of methoxy groups -OCH3 is 1. The number of rotatable bonds is 4. The molecule has 25 heavy (non-hydrogen) atoms. The van der Waals surface area contributed by atoms with Crippen molar-refractivity contribution in [3.8, 4) is 5.75 Å². The summed E-state index contributed by atoms with van der Waals surface area (Å²) in [6.07, 6.45) is 4.09. The minimum absolute atomic E-state index is 0.0305. The van der Waals surface area contributed by atoms with E-state index in [1.165, 1.54) is 18.7 Å². The number of nitrogens with one attached hydrogen (secondary N) is 1. The minimum Gasteiger partial charge on any atom is -0.497 e. The molecule has 2 aromatic carbocycles. The summed E-state index contributed by atoms with van der Waals surface area (Å²) in [5, 5.41) is 12.8. The Labute approximate surface area is 146 Å². The van der Waals surface area contributed by atoms with Crippen molar-refractivity contribution in [2.45, 2.75) is 26.0 Å². The van der Waals surface area contributed by atoms with Gasteiger partial charge in [-0.15, -0.1) is 0 Å². The van der Waals surface area contributed by atoms with Crippen molar-refractivity contribution < 1.29 is 18.6 Å². The van der Waals surface area contributed by atoms with Gasteiger partial charge in [0.05, 0.1) is 19.8 Å². The molecule has 2 aromatic rings. The molecule has 0 fully saturated rings. The fourth-order valence-corrected chi connectivity index (χ4v) is 3.18. The number of hydrogen-bond acceptors (Lipinski definition) is 3. The van der Waals surface area contributed by atoms with Gasteiger partial charge in [-0.2, -0.15) is 0 Å². The van der Waals surface area contributed by atoms with Gasteiger partial charge in [0.15, 0.2) is 0 Å². The van der Waals surface area contributed by atoms with Gasteiger partial charge in [-0.05, 0) is 35.6 Å². The highest BCUT2D eigenvalue weighted by molar-refractivity contribution is 5.55. The zero-order valence-corrected chi connectivity index (χ0v) is 14.3. The molecular formula is C20H21F2NO2. The largest absolute Gasteiger partial charge is 0.497 e. The SMILES string of the molecule is COc1cc(F)c(/C=C/C2NCCc3cc(C)c(CO)cc32)c(F)c1. The number of fused-ring (bicyclic) bond motifs is 1. The van der Waals surface area contributed by atoms with E-state index < -0.39 is 11.6 Å². The molecule has 0 spiro atoms. The minimum atomic E-state index is -0.663. The predicted molar refractivity (Wildman–Crippen MR) is 93.5 cm³/mol. The molecule has 3 rings (SSSR count). The van der Waals surface area contributed by atoms with Crippen molar-refractivity contribution in [2.75, 3.05) is 13.7 Å². The molecule has 0 saturated heterocycles. The summed E-state index contributed by atoms with van der Waals surface area (Å²) in [6, 6.07) is 6.22. The van der Waals surface area contributed by atoms with Crippen LogP contribution in [0.25, 0.3) is 6.08 Å². The number of hydrogen-bond donors (Lipinski definition) is 2. The second kappa shape index (κ2) is 7.33. The number of ether oxygens (including phenoxy) is 1. The fourth-order valence-electron chi connectivity index (χ4n) is 3.18. The molecule has 1 unspecified atom stereocenters. The topological polar surface area (TPSA) is 41.5 Å². The van der Waals surface area contributed by atoms with E-state index in [1.54, 1.807) is 6.08 Å². The van der Waals surface area contributed by atoms with E-state index in [1.807, 2.05) is 13.0 Å². The summed E-state index contributed by atoms with van der Waals surface area (Å²) >= 11 is 0. The van der Waals surface area contributed by atoms with Crippen molar-refractivity contribution >= 4 is 6.08 Å². The van der Waals surface area contributed by atoms with Gasteiger partial charge in [-0.1, -0.05) is 24.3 Å². The smallest absolute Gasteiger partial charge is 0.137 e. The molecule has 3 nitrogen and oxygen atoms in total. The third-order valence-corrected chi connectivity index (χ3v) is 4.61. The second-order valence-electron chi connectivity index (χ2n) is 6.18. The first-order valence-electron chi connectivity index (χ1n) is 8.21. The van der Waals surface area contributed by atoms with Gasteiger partial charge in [0.25, 0.3) is 0 Å². The molecule has 132 valence electrons. The molecule has 0 aliphatic carbocycles. The van der Waals surface area contributed by atoms with Gasteiger partial charge in [0.1, 0.15) is 17.4 Å². The van der Waals surface area contributed by atoms with Gasteiger partial charge < -0.3 is 15.2 Å². The first kappa shape index (κ1) is 17.6. The van der Waals surface area contributed by atoms with Gasteiger partial charge in [-0.25, -0.2) is 8.78 Å².